The van der Waals surface area contributed by atoms with Gasteiger partial charge in [0, 0.05) is 4.70 Å². The predicted octanol–water partition coefficient (Wildman–Crippen LogP) is 0.946. The molecule has 0 fully saturated rings. The number of carbonyl (C=O) groups excluding carboxylic acids is 1. The van der Waals surface area contributed by atoms with Crippen LogP contribution in [-0.2, 0) is 4.74 Å². The topological polar surface area (TPSA) is 26.3 Å². The molecule has 0 saturated carbocycles. The maximum atomic E-state index is 11.3. The number of esters is 1. The molecule has 0 aliphatic rings. The van der Waals surface area contributed by atoms with Crippen molar-refractivity contribution in [1.82, 2.24) is 0 Å². The van der Waals surface area contributed by atoms with Crippen molar-refractivity contribution >= 4 is 40.7 Å². The summed E-state index contributed by atoms with van der Waals surface area (Å²) in [7, 11) is 3.44. The van der Waals surface area contributed by atoms with E-state index >= 15 is 0 Å². The van der Waals surface area contributed by atoms with Crippen LogP contribution in [-0.4, -0.2) is 20.9 Å². The monoisotopic (exact) mass is 204 g/mol. The Kier molecular flexibility index (Phi) is 2.29. The van der Waals surface area contributed by atoms with Gasteiger partial charge in [-0.05, 0) is 17.5 Å². The van der Waals surface area contributed by atoms with E-state index in [1.54, 1.807) is 0 Å². The molecule has 1 heterocycles. The van der Waals surface area contributed by atoms with E-state index in [1.165, 1.54) is 23.9 Å². The first-order chi connectivity index (χ1) is 6.70. The second kappa shape index (κ2) is 3.46. The zero-order valence-electron chi connectivity index (χ0n) is 8.03. The molecule has 1 aromatic heterocycles. The van der Waals surface area contributed by atoms with Crippen molar-refractivity contribution in [3.63, 3.8) is 0 Å². The van der Waals surface area contributed by atoms with Gasteiger partial charge in [-0.15, -0.1) is 11.3 Å². The molecule has 2 rings (SSSR count). The van der Waals surface area contributed by atoms with Gasteiger partial charge in [0.1, 0.15) is 12.7 Å². The van der Waals surface area contributed by atoms with E-state index in [1.807, 2.05) is 26.0 Å². The molecule has 0 spiro atoms. The highest BCUT2D eigenvalue weighted by Crippen LogP contribution is 2.24. The second-order valence-corrected chi connectivity index (χ2v) is 4.23. The molecule has 0 bridgehead atoms. The smallest absolute Gasteiger partial charge is 0.348 e. The third kappa shape index (κ3) is 1.53. The molecule has 1 aromatic carbocycles. The Morgan fingerprint density at radius 2 is 2.21 bits per heavy atom. The predicted molar refractivity (Wildman–Crippen MR) is 61.3 cm³/mol. The van der Waals surface area contributed by atoms with Gasteiger partial charge in [0.15, 0.2) is 0 Å². The summed E-state index contributed by atoms with van der Waals surface area (Å²) in [5, 5.41) is 1.11. The minimum Gasteiger partial charge on any atom is -0.465 e. The van der Waals surface area contributed by atoms with Crippen LogP contribution in [0, 0.1) is 0 Å². The summed E-state index contributed by atoms with van der Waals surface area (Å²) in [5.41, 5.74) is 1.20. The minimum absolute atomic E-state index is 0.260. The lowest BCUT2D eigenvalue weighted by atomic mass is 9.95. The lowest BCUT2D eigenvalue weighted by molar-refractivity contribution is 0.0606. The van der Waals surface area contributed by atoms with Crippen LogP contribution in [0.3, 0.4) is 0 Å². The summed E-state index contributed by atoms with van der Waals surface area (Å²) in [6.45, 7) is 0. The van der Waals surface area contributed by atoms with Gasteiger partial charge in [-0.3, -0.25) is 0 Å². The number of hydrogen-bond donors (Lipinski definition) is 0. The summed E-state index contributed by atoms with van der Waals surface area (Å²) < 4.78 is 5.79. The molecule has 0 radical (unpaired) electrons. The van der Waals surface area contributed by atoms with E-state index in [-0.39, 0.29) is 5.97 Å². The SMILES string of the molecule is Bc1ccc2sc(C(=O)OC)cc2c1. The average Bonchev–Trinajstić information content (AvgIpc) is 2.59. The van der Waals surface area contributed by atoms with Crippen molar-refractivity contribution in [2.24, 2.45) is 0 Å². The molecular formula is C10H9BO2S. The van der Waals surface area contributed by atoms with Gasteiger partial charge >= 0.3 is 5.97 Å². The summed E-state index contributed by atoms with van der Waals surface area (Å²) in [6.07, 6.45) is 0. The van der Waals surface area contributed by atoms with Crippen LogP contribution >= 0.6 is 11.3 Å². The first-order valence-electron chi connectivity index (χ1n) is 4.29. The number of carbonyl (C=O) groups is 1. The summed E-state index contributed by atoms with van der Waals surface area (Å²) in [5.74, 6) is -0.260. The van der Waals surface area contributed by atoms with E-state index in [9.17, 15) is 4.79 Å². The molecule has 0 aliphatic carbocycles. The van der Waals surface area contributed by atoms with Crippen molar-refractivity contribution in [2.75, 3.05) is 7.11 Å². The maximum absolute atomic E-state index is 11.3. The molecule has 70 valence electrons. The van der Waals surface area contributed by atoms with Crippen molar-refractivity contribution in [2.45, 2.75) is 0 Å². The van der Waals surface area contributed by atoms with Gasteiger partial charge in [0.2, 0.25) is 0 Å². The van der Waals surface area contributed by atoms with E-state index < -0.39 is 0 Å². The van der Waals surface area contributed by atoms with Gasteiger partial charge in [0.05, 0.1) is 7.11 Å². The number of thiophene rings is 1. The number of ether oxygens (including phenoxy) is 1. The quantitative estimate of drug-likeness (QED) is 0.510. The van der Waals surface area contributed by atoms with Crippen LogP contribution in [0.25, 0.3) is 10.1 Å². The Bertz CT molecular complexity index is 490. The maximum Gasteiger partial charge on any atom is 0.348 e. The normalized spacial score (nSPS) is 10.4. The van der Waals surface area contributed by atoms with Crippen molar-refractivity contribution in [1.29, 1.82) is 0 Å². The van der Waals surface area contributed by atoms with Crippen LogP contribution < -0.4 is 5.46 Å². The highest BCUT2D eigenvalue weighted by Gasteiger charge is 2.09. The van der Waals surface area contributed by atoms with Gasteiger partial charge in [-0.2, -0.15) is 0 Å². The molecule has 0 N–H and O–H groups in total. The third-order valence-electron chi connectivity index (χ3n) is 2.06. The van der Waals surface area contributed by atoms with Crippen molar-refractivity contribution in [3.05, 3.63) is 29.1 Å². The minimum atomic E-state index is -0.260. The average molecular weight is 204 g/mol. The van der Waals surface area contributed by atoms with Crippen LogP contribution in [0.2, 0.25) is 0 Å². The first-order valence-corrected chi connectivity index (χ1v) is 5.11. The lowest BCUT2D eigenvalue weighted by Gasteiger charge is -1.90. The lowest BCUT2D eigenvalue weighted by Crippen LogP contribution is -1.98. The van der Waals surface area contributed by atoms with Crippen LogP contribution in [0.5, 0.6) is 0 Å². The molecule has 0 saturated heterocycles. The summed E-state index contributed by atoms with van der Waals surface area (Å²) >= 11 is 1.46. The van der Waals surface area contributed by atoms with Gasteiger partial charge < -0.3 is 4.74 Å². The summed E-state index contributed by atoms with van der Waals surface area (Å²) in [4.78, 5) is 11.9. The Morgan fingerprint density at radius 1 is 1.43 bits per heavy atom. The fourth-order valence-corrected chi connectivity index (χ4v) is 2.33. The number of benzene rings is 1. The van der Waals surface area contributed by atoms with Crippen molar-refractivity contribution < 1.29 is 9.53 Å². The number of methoxy groups -OCH3 is 1. The van der Waals surface area contributed by atoms with E-state index in [4.69, 9.17) is 0 Å². The molecular weight excluding hydrogens is 195 g/mol. The molecule has 0 amide bonds. The van der Waals surface area contributed by atoms with Gasteiger partial charge in [0.25, 0.3) is 0 Å². The second-order valence-electron chi connectivity index (χ2n) is 3.14. The molecule has 4 heteroatoms. The zero-order chi connectivity index (χ0) is 10.1. The highest BCUT2D eigenvalue weighted by atomic mass is 32.1. The molecule has 2 aromatic rings. The molecule has 2 nitrogen and oxygen atoms in total. The Labute approximate surface area is 86.9 Å². The summed E-state index contributed by atoms with van der Waals surface area (Å²) in [6, 6.07) is 8.01. The molecule has 14 heavy (non-hydrogen) atoms. The fraction of sp³-hybridized carbons (Fsp3) is 0.100. The van der Waals surface area contributed by atoms with E-state index in [0.29, 0.717) is 4.88 Å². The first kappa shape index (κ1) is 9.28. The fourth-order valence-electron chi connectivity index (χ4n) is 1.36. The standard InChI is InChI=1S/C10H9BO2S/c1-13-10(12)9-5-6-4-7(11)2-3-8(6)14-9/h2-5H,11H2,1H3. The Hall–Kier alpha value is -1.29. The van der Waals surface area contributed by atoms with Crippen LogP contribution in [0.4, 0.5) is 0 Å². The van der Waals surface area contributed by atoms with E-state index in [0.717, 1.165) is 10.1 Å². The Balaban J connectivity index is 2.56. The van der Waals surface area contributed by atoms with Crippen molar-refractivity contribution in [3.8, 4) is 0 Å². The largest absolute Gasteiger partial charge is 0.465 e. The third-order valence-corrected chi connectivity index (χ3v) is 3.15. The molecule has 0 unspecified atom stereocenters. The highest BCUT2D eigenvalue weighted by molar-refractivity contribution is 7.20. The molecule has 0 atom stereocenters. The number of fused-ring (bicyclic) bond motifs is 1. The van der Waals surface area contributed by atoms with Gasteiger partial charge in [-0.1, -0.05) is 17.6 Å². The van der Waals surface area contributed by atoms with E-state index in [2.05, 4.69) is 10.8 Å². The molecule has 0 aliphatic heterocycles. The van der Waals surface area contributed by atoms with Crippen LogP contribution in [0.1, 0.15) is 9.67 Å². The Morgan fingerprint density at radius 3 is 2.93 bits per heavy atom. The number of rotatable bonds is 1. The van der Waals surface area contributed by atoms with Crippen LogP contribution in [0.15, 0.2) is 24.3 Å². The number of hydrogen-bond acceptors (Lipinski definition) is 3. The van der Waals surface area contributed by atoms with Gasteiger partial charge in [-0.25, -0.2) is 4.79 Å². The zero-order valence-corrected chi connectivity index (χ0v) is 8.85.